The molecule has 0 saturated heterocycles. The minimum atomic E-state index is -4.40. The van der Waals surface area contributed by atoms with Gasteiger partial charge in [0, 0.05) is 23.9 Å². The van der Waals surface area contributed by atoms with Crippen molar-refractivity contribution in [3.05, 3.63) is 65.0 Å². The molecular formula is C16H14F3NO. The number of pyridine rings is 1. The summed E-state index contributed by atoms with van der Waals surface area (Å²) in [6.07, 6.45) is -2.77. The van der Waals surface area contributed by atoms with E-state index >= 15 is 0 Å². The third-order valence-corrected chi connectivity index (χ3v) is 3.16. The van der Waals surface area contributed by atoms with E-state index in [4.69, 9.17) is 0 Å². The number of ketones is 1. The maximum Gasteiger partial charge on any atom is 0.416 e. The fraction of sp³-hybridized carbons (Fsp3) is 0.250. The number of alkyl halides is 3. The van der Waals surface area contributed by atoms with Gasteiger partial charge in [-0.2, -0.15) is 13.2 Å². The molecule has 0 spiro atoms. The van der Waals surface area contributed by atoms with Crippen LogP contribution in [0.5, 0.6) is 0 Å². The molecular weight excluding hydrogens is 279 g/mol. The van der Waals surface area contributed by atoms with Crippen LogP contribution in [0.2, 0.25) is 0 Å². The van der Waals surface area contributed by atoms with E-state index < -0.39 is 11.7 Å². The fourth-order valence-electron chi connectivity index (χ4n) is 2.13. The van der Waals surface area contributed by atoms with Gasteiger partial charge in [-0.3, -0.25) is 9.78 Å². The van der Waals surface area contributed by atoms with Gasteiger partial charge in [-0.15, -0.1) is 0 Å². The maximum atomic E-state index is 12.9. The number of nitrogens with zero attached hydrogens (tertiary/aromatic N) is 1. The minimum absolute atomic E-state index is 0.0382. The molecule has 21 heavy (non-hydrogen) atoms. The standard InChI is InChI=1S/C16H14F3NO/c1-11-10-13(8-9-20-11)15(21)7-6-12-4-2-3-5-14(12)16(17,18)19/h2-5,8-10H,6-7H2,1H3. The van der Waals surface area contributed by atoms with Crippen molar-refractivity contribution in [1.82, 2.24) is 4.98 Å². The normalized spacial score (nSPS) is 11.4. The Hall–Kier alpha value is -2.17. The van der Waals surface area contributed by atoms with Crippen molar-refractivity contribution >= 4 is 5.78 Å². The molecule has 2 aromatic rings. The summed E-state index contributed by atoms with van der Waals surface area (Å²) >= 11 is 0. The van der Waals surface area contributed by atoms with Crippen LogP contribution in [-0.4, -0.2) is 10.8 Å². The molecule has 0 aliphatic carbocycles. The summed E-state index contributed by atoms with van der Waals surface area (Å²) in [6, 6.07) is 8.55. The van der Waals surface area contributed by atoms with Gasteiger partial charge in [0.15, 0.2) is 5.78 Å². The molecule has 0 aliphatic rings. The van der Waals surface area contributed by atoms with Crippen molar-refractivity contribution in [2.24, 2.45) is 0 Å². The first-order valence-corrected chi connectivity index (χ1v) is 6.49. The molecule has 0 bridgehead atoms. The Morgan fingerprint density at radius 2 is 1.90 bits per heavy atom. The Morgan fingerprint density at radius 3 is 2.57 bits per heavy atom. The highest BCUT2D eigenvalue weighted by atomic mass is 19.4. The highest BCUT2D eigenvalue weighted by Crippen LogP contribution is 2.32. The highest BCUT2D eigenvalue weighted by molar-refractivity contribution is 5.96. The number of benzene rings is 1. The SMILES string of the molecule is Cc1cc(C(=O)CCc2ccccc2C(F)(F)F)ccn1. The van der Waals surface area contributed by atoms with Crippen molar-refractivity contribution < 1.29 is 18.0 Å². The predicted octanol–water partition coefficient (Wildman–Crippen LogP) is 4.22. The molecule has 0 N–H and O–H groups in total. The third kappa shape index (κ3) is 3.90. The summed E-state index contributed by atoms with van der Waals surface area (Å²) in [5, 5.41) is 0. The molecule has 5 heteroatoms. The van der Waals surface area contributed by atoms with Crippen LogP contribution in [0.1, 0.15) is 33.6 Å². The van der Waals surface area contributed by atoms with Crippen LogP contribution >= 0.6 is 0 Å². The van der Waals surface area contributed by atoms with Gasteiger partial charge in [0.05, 0.1) is 5.56 Å². The molecule has 0 fully saturated rings. The van der Waals surface area contributed by atoms with E-state index in [-0.39, 0.29) is 24.2 Å². The Bertz CT molecular complexity index is 650. The van der Waals surface area contributed by atoms with Crippen molar-refractivity contribution in [2.45, 2.75) is 25.9 Å². The summed E-state index contributed by atoms with van der Waals surface area (Å²) in [5.74, 6) is -0.183. The van der Waals surface area contributed by atoms with Gasteiger partial charge in [-0.05, 0) is 37.1 Å². The Morgan fingerprint density at radius 1 is 1.19 bits per heavy atom. The summed E-state index contributed by atoms with van der Waals surface area (Å²) in [4.78, 5) is 16.0. The van der Waals surface area contributed by atoms with E-state index in [0.717, 1.165) is 6.07 Å². The summed E-state index contributed by atoms with van der Waals surface area (Å²) < 4.78 is 38.6. The molecule has 0 unspecified atom stereocenters. The molecule has 2 nitrogen and oxygen atoms in total. The zero-order chi connectivity index (χ0) is 15.5. The van der Waals surface area contributed by atoms with Crippen molar-refractivity contribution in [3.8, 4) is 0 Å². The smallest absolute Gasteiger partial charge is 0.294 e. The molecule has 0 saturated carbocycles. The fourth-order valence-corrected chi connectivity index (χ4v) is 2.13. The predicted molar refractivity (Wildman–Crippen MR) is 73.1 cm³/mol. The number of carbonyl (C=O) groups is 1. The van der Waals surface area contributed by atoms with Crippen LogP contribution < -0.4 is 0 Å². The van der Waals surface area contributed by atoms with E-state index in [2.05, 4.69) is 4.98 Å². The Balaban J connectivity index is 2.12. The first-order chi connectivity index (χ1) is 9.88. The van der Waals surface area contributed by atoms with E-state index in [9.17, 15) is 18.0 Å². The van der Waals surface area contributed by atoms with Gasteiger partial charge in [-0.25, -0.2) is 0 Å². The van der Waals surface area contributed by atoms with Crippen molar-refractivity contribution in [2.75, 3.05) is 0 Å². The second-order valence-corrected chi connectivity index (χ2v) is 4.76. The van der Waals surface area contributed by atoms with Crippen LogP contribution in [0.25, 0.3) is 0 Å². The third-order valence-electron chi connectivity index (χ3n) is 3.16. The number of aryl methyl sites for hydroxylation is 2. The van der Waals surface area contributed by atoms with E-state index in [1.807, 2.05) is 0 Å². The average Bonchev–Trinajstić information content (AvgIpc) is 2.44. The lowest BCUT2D eigenvalue weighted by Gasteiger charge is -2.12. The van der Waals surface area contributed by atoms with Gasteiger partial charge in [0.1, 0.15) is 0 Å². The number of carbonyl (C=O) groups excluding carboxylic acids is 1. The monoisotopic (exact) mass is 293 g/mol. The van der Waals surface area contributed by atoms with Gasteiger partial charge in [0.2, 0.25) is 0 Å². The molecule has 0 atom stereocenters. The Labute approximate surface area is 120 Å². The van der Waals surface area contributed by atoms with E-state index in [0.29, 0.717) is 11.3 Å². The highest BCUT2D eigenvalue weighted by Gasteiger charge is 2.32. The molecule has 110 valence electrons. The topological polar surface area (TPSA) is 30.0 Å². The average molecular weight is 293 g/mol. The van der Waals surface area contributed by atoms with Crippen LogP contribution in [0.15, 0.2) is 42.6 Å². The molecule has 1 aromatic carbocycles. The Kier molecular flexibility index (Phi) is 4.40. The number of hydrogen-bond donors (Lipinski definition) is 0. The summed E-state index contributed by atoms with van der Waals surface area (Å²) in [6.45, 7) is 1.76. The van der Waals surface area contributed by atoms with E-state index in [1.165, 1.54) is 18.3 Å². The number of halogens is 3. The largest absolute Gasteiger partial charge is 0.416 e. The molecule has 0 radical (unpaired) electrons. The lowest BCUT2D eigenvalue weighted by atomic mass is 9.99. The lowest BCUT2D eigenvalue weighted by molar-refractivity contribution is -0.138. The number of hydrogen-bond acceptors (Lipinski definition) is 2. The molecule has 1 aromatic heterocycles. The first-order valence-electron chi connectivity index (χ1n) is 6.49. The zero-order valence-corrected chi connectivity index (χ0v) is 11.4. The van der Waals surface area contributed by atoms with Crippen LogP contribution in [0, 0.1) is 6.92 Å². The van der Waals surface area contributed by atoms with Gasteiger partial charge in [0.25, 0.3) is 0 Å². The van der Waals surface area contributed by atoms with Gasteiger partial charge in [-0.1, -0.05) is 18.2 Å². The summed E-state index contributed by atoms with van der Waals surface area (Å²) in [5.41, 5.74) is 0.649. The summed E-state index contributed by atoms with van der Waals surface area (Å²) in [7, 11) is 0. The number of rotatable bonds is 4. The van der Waals surface area contributed by atoms with Crippen molar-refractivity contribution in [3.63, 3.8) is 0 Å². The lowest BCUT2D eigenvalue weighted by Crippen LogP contribution is -2.10. The second-order valence-electron chi connectivity index (χ2n) is 4.76. The zero-order valence-electron chi connectivity index (χ0n) is 11.4. The van der Waals surface area contributed by atoms with Gasteiger partial charge < -0.3 is 0 Å². The molecule has 0 amide bonds. The van der Waals surface area contributed by atoms with Crippen LogP contribution in [-0.2, 0) is 12.6 Å². The minimum Gasteiger partial charge on any atom is -0.294 e. The van der Waals surface area contributed by atoms with Gasteiger partial charge >= 0.3 is 6.18 Å². The molecule has 2 rings (SSSR count). The second kappa shape index (κ2) is 6.08. The maximum absolute atomic E-state index is 12.9. The first kappa shape index (κ1) is 15.2. The van der Waals surface area contributed by atoms with Crippen LogP contribution in [0.3, 0.4) is 0 Å². The number of aromatic nitrogens is 1. The van der Waals surface area contributed by atoms with Crippen LogP contribution in [0.4, 0.5) is 13.2 Å². The molecule has 1 heterocycles. The quantitative estimate of drug-likeness (QED) is 0.790. The van der Waals surface area contributed by atoms with Crippen molar-refractivity contribution in [1.29, 1.82) is 0 Å². The number of Topliss-reactive ketones (excluding diaryl/α,β-unsaturated/α-hetero) is 1. The van der Waals surface area contributed by atoms with E-state index in [1.54, 1.807) is 25.1 Å². The molecule has 0 aliphatic heterocycles.